The van der Waals surface area contributed by atoms with Gasteiger partial charge in [0.05, 0.1) is 11.8 Å². The zero-order chi connectivity index (χ0) is 13.4. The highest BCUT2D eigenvalue weighted by molar-refractivity contribution is 7.98. The summed E-state index contributed by atoms with van der Waals surface area (Å²) in [5, 5.41) is 5.54. The van der Waals surface area contributed by atoms with E-state index in [1.165, 1.54) is 6.07 Å². The van der Waals surface area contributed by atoms with Crippen LogP contribution >= 0.6 is 11.8 Å². The first-order chi connectivity index (χ1) is 8.69. The van der Waals surface area contributed by atoms with Crippen molar-refractivity contribution < 1.29 is 9.18 Å². The molecule has 0 saturated heterocycles. The van der Waals surface area contributed by atoms with E-state index in [1.54, 1.807) is 18.8 Å². The lowest BCUT2D eigenvalue weighted by Crippen LogP contribution is -2.25. The Morgan fingerprint density at radius 2 is 2.28 bits per heavy atom. The summed E-state index contributed by atoms with van der Waals surface area (Å²) >= 11 is 1.78. The SMILES string of the molecule is CNc1ncc(F)cc1C(=O)NCCCCSC. The zero-order valence-electron chi connectivity index (χ0n) is 10.6. The second kappa shape index (κ2) is 7.92. The van der Waals surface area contributed by atoms with Gasteiger partial charge in [0.25, 0.3) is 5.91 Å². The number of unbranched alkanes of at least 4 members (excludes halogenated alkanes) is 1. The molecule has 0 bridgehead atoms. The van der Waals surface area contributed by atoms with Gasteiger partial charge in [0, 0.05) is 13.6 Å². The van der Waals surface area contributed by atoms with Gasteiger partial charge in [0.2, 0.25) is 0 Å². The quantitative estimate of drug-likeness (QED) is 0.746. The predicted molar refractivity (Wildman–Crippen MR) is 73.7 cm³/mol. The van der Waals surface area contributed by atoms with Crippen molar-refractivity contribution in [2.45, 2.75) is 12.8 Å². The fraction of sp³-hybridized carbons (Fsp3) is 0.500. The molecule has 0 spiro atoms. The van der Waals surface area contributed by atoms with Gasteiger partial charge < -0.3 is 10.6 Å². The molecule has 0 unspecified atom stereocenters. The number of aromatic nitrogens is 1. The third-order valence-corrected chi connectivity index (χ3v) is 3.09. The molecule has 0 fully saturated rings. The lowest BCUT2D eigenvalue weighted by molar-refractivity contribution is 0.0953. The summed E-state index contributed by atoms with van der Waals surface area (Å²) in [6.45, 7) is 0.596. The van der Waals surface area contributed by atoms with Crippen LogP contribution in [0.4, 0.5) is 10.2 Å². The van der Waals surface area contributed by atoms with Crippen molar-refractivity contribution >= 4 is 23.5 Å². The monoisotopic (exact) mass is 271 g/mol. The largest absolute Gasteiger partial charge is 0.372 e. The normalized spacial score (nSPS) is 10.2. The Kier molecular flexibility index (Phi) is 6.49. The first-order valence-corrected chi connectivity index (χ1v) is 7.19. The number of halogens is 1. The molecule has 0 aliphatic carbocycles. The molecule has 1 aromatic rings. The average Bonchev–Trinajstić information content (AvgIpc) is 2.38. The van der Waals surface area contributed by atoms with Crippen LogP contribution in [0, 0.1) is 5.82 Å². The van der Waals surface area contributed by atoms with Crippen LogP contribution in [0.25, 0.3) is 0 Å². The molecule has 2 N–H and O–H groups in total. The summed E-state index contributed by atoms with van der Waals surface area (Å²) in [6, 6.07) is 1.19. The molecular weight excluding hydrogens is 253 g/mol. The molecule has 1 aromatic heterocycles. The molecule has 0 aromatic carbocycles. The highest BCUT2D eigenvalue weighted by Crippen LogP contribution is 2.12. The molecule has 1 rings (SSSR count). The maximum absolute atomic E-state index is 13.1. The summed E-state index contributed by atoms with van der Waals surface area (Å²) in [5.41, 5.74) is 0.238. The zero-order valence-corrected chi connectivity index (χ0v) is 11.4. The molecule has 1 heterocycles. The van der Waals surface area contributed by atoms with Crippen molar-refractivity contribution in [3.8, 4) is 0 Å². The molecule has 0 aliphatic rings. The van der Waals surface area contributed by atoms with Gasteiger partial charge in [0.15, 0.2) is 0 Å². The van der Waals surface area contributed by atoms with Crippen molar-refractivity contribution in [2.75, 3.05) is 30.9 Å². The van der Waals surface area contributed by atoms with E-state index in [4.69, 9.17) is 0 Å². The highest BCUT2D eigenvalue weighted by atomic mass is 32.2. The lowest BCUT2D eigenvalue weighted by Gasteiger charge is -2.08. The Morgan fingerprint density at radius 1 is 1.50 bits per heavy atom. The number of anilines is 1. The minimum Gasteiger partial charge on any atom is -0.372 e. The van der Waals surface area contributed by atoms with Gasteiger partial charge in [-0.2, -0.15) is 11.8 Å². The second-order valence-electron chi connectivity index (χ2n) is 3.76. The van der Waals surface area contributed by atoms with E-state index in [0.29, 0.717) is 12.4 Å². The summed E-state index contributed by atoms with van der Waals surface area (Å²) in [5.74, 6) is 0.661. The van der Waals surface area contributed by atoms with Crippen molar-refractivity contribution in [1.82, 2.24) is 10.3 Å². The third kappa shape index (κ3) is 4.52. The van der Waals surface area contributed by atoms with E-state index >= 15 is 0 Å². The van der Waals surface area contributed by atoms with E-state index in [-0.39, 0.29) is 11.5 Å². The number of hydrogen-bond acceptors (Lipinski definition) is 4. The van der Waals surface area contributed by atoms with Crippen molar-refractivity contribution in [2.24, 2.45) is 0 Å². The van der Waals surface area contributed by atoms with Crippen LogP contribution < -0.4 is 10.6 Å². The van der Waals surface area contributed by atoms with E-state index in [1.807, 2.05) is 0 Å². The standard InChI is InChI=1S/C12H18FN3OS/c1-14-11-10(7-9(13)8-16-11)12(17)15-5-3-4-6-18-2/h7-8H,3-6H2,1-2H3,(H,14,16)(H,15,17). The number of nitrogens with zero attached hydrogens (tertiary/aromatic N) is 1. The smallest absolute Gasteiger partial charge is 0.255 e. The summed E-state index contributed by atoms with van der Waals surface area (Å²) < 4.78 is 13.1. The van der Waals surface area contributed by atoms with E-state index in [2.05, 4.69) is 21.9 Å². The van der Waals surface area contributed by atoms with Gasteiger partial charge in [-0.1, -0.05) is 0 Å². The number of rotatable bonds is 7. The van der Waals surface area contributed by atoms with Crippen LogP contribution in [0.1, 0.15) is 23.2 Å². The van der Waals surface area contributed by atoms with Crippen LogP contribution in [0.2, 0.25) is 0 Å². The number of carbonyl (C=O) groups is 1. The Morgan fingerprint density at radius 3 is 2.94 bits per heavy atom. The first-order valence-electron chi connectivity index (χ1n) is 5.79. The van der Waals surface area contributed by atoms with Crippen LogP contribution in [0.3, 0.4) is 0 Å². The Bertz CT molecular complexity index is 401. The number of carbonyl (C=O) groups excluding carboxylic acids is 1. The van der Waals surface area contributed by atoms with Gasteiger partial charge in [0.1, 0.15) is 11.6 Å². The molecule has 6 heteroatoms. The van der Waals surface area contributed by atoms with Crippen LogP contribution in [-0.4, -0.2) is 36.5 Å². The van der Waals surface area contributed by atoms with Crippen molar-refractivity contribution in [3.63, 3.8) is 0 Å². The van der Waals surface area contributed by atoms with Crippen molar-refractivity contribution in [3.05, 3.63) is 23.6 Å². The Labute approximate surface area is 111 Å². The molecule has 100 valence electrons. The topological polar surface area (TPSA) is 54.0 Å². The molecule has 0 aliphatic heterocycles. The minimum absolute atomic E-state index is 0.238. The minimum atomic E-state index is -0.512. The van der Waals surface area contributed by atoms with Gasteiger partial charge in [-0.3, -0.25) is 4.79 Å². The van der Waals surface area contributed by atoms with Crippen LogP contribution in [-0.2, 0) is 0 Å². The van der Waals surface area contributed by atoms with E-state index in [0.717, 1.165) is 24.8 Å². The first kappa shape index (κ1) is 14.8. The third-order valence-electron chi connectivity index (χ3n) is 2.40. The molecule has 0 radical (unpaired) electrons. The summed E-state index contributed by atoms with van der Waals surface area (Å²) in [6.07, 6.45) is 5.11. The number of nitrogens with one attached hydrogen (secondary N) is 2. The average molecular weight is 271 g/mol. The summed E-state index contributed by atoms with van der Waals surface area (Å²) in [4.78, 5) is 15.7. The highest BCUT2D eigenvalue weighted by Gasteiger charge is 2.12. The molecule has 0 saturated carbocycles. The van der Waals surface area contributed by atoms with Gasteiger partial charge >= 0.3 is 0 Å². The fourth-order valence-electron chi connectivity index (χ4n) is 1.48. The maximum Gasteiger partial charge on any atom is 0.255 e. The maximum atomic E-state index is 13.1. The van der Waals surface area contributed by atoms with Gasteiger partial charge in [-0.15, -0.1) is 0 Å². The lowest BCUT2D eigenvalue weighted by atomic mass is 10.2. The van der Waals surface area contributed by atoms with Gasteiger partial charge in [-0.25, -0.2) is 9.37 Å². The molecule has 4 nitrogen and oxygen atoms in total. The molecule has 18 heavy (non-hydrogen) atoms. The van der Waals surface area contributed by atoms with Crippen molar-refractivity contribution in [1.29, 1.82) is 0 Å². The molecule has 1 amide bonds. The van der Waals surface area contributed by atoms with E-state index in [9.17, 15) is 9.18 Å². The van der Waals surface area contributed by atoms with Crippen LogP contribution in [0.5, 0.6) is 0 Å². The molecule has 0 atom stereocenters. The fourth-order valence-corrected chi connectivity index (χ4v) is 1.97. The van der Waals surface area contributed by atoms with Crippen LogP contribution in [0.15, 0.2) is 12.3 Å². The number of thioether (sulfide) groups is 1. The van der Waals surface area contributed by atoms with E-state index < -0.39 is 5.82 Å². The summed E-state index contributed by atoms with van der Waals surface area (Å²) in [7, 11) is 1.65. The predicted octanol–water partition coefficient (Wildman–Crippen LogP) is 2.14. The van der Waals surface area contributed by atoms with Gasteiger partial charge in [-0.05, 0) is 30.9 Å². The molecular formula is C12H18FN3OS. The Hall–Kier alpha value is -1.30. The number of pyridine rings is 1. The second-order valence-corrected chi connectivity index (χ2v) is 4.74. The Balaban J connectivity index is 2.52. The number of amides is 1. The number of hydrogen-bond donors (Lipinski definition) is 2.